The van der Waals surface area contributed by atoms with Crippen LogP contribution >= 0.6 is 11.6 Å². The van der Waals surface area contributed by atoms with Crippen molar-refractivity contribution in [1.29, 1.82) is 0 Å². The van der Waals surface area contributed by atoms with Crippen molar-refractivity contribution in [1.82, 2.24) is 5.32 Å². The third-order valence-electron chi connectivity index (χ3n) is 4.07. The summed E-state index contributed by atoms with van der Waals surface area (Å²) in [6, 6.07) is 5.05. The number of aliphatic hydroxyl groups is 1. The topological polar surface area (TPSA) is 69.6 Å². The fourth-order valence-electron chi connectivity index (χ4n) is 2.54. The number of anilines is 1. The van der Waals surface area contributed by atoms with Crippen molar-refractivity contribution >= 4 is 29.1 Å². The van der Waals surface area contributed by atoms with Gasteiger partial charge in [-0.15, -0.1) is 0 Å². The third-order valence-corrected chi connectivity index (χ3v) is 4.40. The van der Waals surface area contributed by atoms with E-state index in [1.807, 2.05) is 13.8 Å². The number of benzene rings is 1. The molecule has 1 aromatic rings. The molecule has 5 nitrogen and oxygen atoms in total. The maximum Gasteiger partial charge on any atom is 0.252 e. The molecule has 1 unspecified atom stereocenters. The summed E-state index contributed by atoms with van der Waals surface area (Å²) in [5, 5.41) is 12.9. The standard InChI is InChI=1S/C17H23ClN2O3/c1-11(2)15(21)7-8-19-17(23)13-10-12(5-6-14(13)18)20-9-3-4-16(20)22/h5-6,10-11,15,21H,3-4,7-9H2,1-2H3,(H,19,23). The van der Waals surface area contributed by atoms with Gasteiger partial charge in [0.05, 0.1) is 16.7 Å². The number of carbonyl (C=O) groups excluding carboxylic acids is 2. The lowest BCUT2D eigenvalue weighted by Crippen LogP contribution is -2.29. The molecule has 1 atom stereocenters. The second-order valence-electron chi connectivity index (χ2n) is 6.17. The van der Waals surface area contributed by atoms with Crippen molar-refractivity contribution in [2.75, 3.05) is 18.0 Å². The predicted molar refractivity (Wildman–Crippen MR) is 90.8 cm³/mol. The van der Waals surface area contributed by atoms with E-state index in [9.17, 15) is 14.7 Å². The van der Waals surface area contributed by atoms with Crippen LogP contribution in [0.1, 0.15) is 43.5 Å². The molecule has 1 heterocycles. The zero-order chi connectivity index (χ0) is 17.0. The van der Waals surface area contributed by atoms with Crippen molar-refractivity contribution in [2.24, 2.45) is 5.92 Å². The first-order valence-corrected chi connectivity index (χ1v) is 8.34. The Kier molecular flexibility index (Phi) is 6.02. The van der Waals surface area contributed by atoms with Gasteiger partial charge in [-0.05, 0) is 37.0 Å². The summed E-state index contributed by atoms with van der Waals surface area (Å²) in [5.41, 5.74) is 1.05. The van der Waals surface area contributed by atoms with Gasteiger partial charge >= 0.3 is 0 Å². The van der Waals surface area contributed by atoms with Gasteiger partial charge in [-0.3, -0.25) is 9.59 Å². The van der Waals surface area contributed by atoms with Gasteiger partial charge in [-0.1, -0.05) is 25.4 Å². The van der Waals surface area contributed by atoms with Crippen LogP contribution in [0.3, 0.4) is 0 Å². The van der Waals surface area contributed by atoms with Gasteiger partial charge < -0.3 is 15.3 Å². The number of aliphatic hydroxyl groups excluding tert-OH is 1. The summed E-state index contributed by atoms with van der Waals surface area (Å²) in [4.78, 5) is 25.8. The molecule has 2 rings (SSSR count). The minimum atomic E-state index is -0.445. The smallest absolute Gasteiger partial charge is 0.252 e. The van der Waals surface area contributed by atoms with Crippen LogP contribution in [-0.2, 0) is 4.79 Å². The van der Waals surface area contributed by atoms with Crippen molar-refractivity contribution in [3.05, 3.63) is 28.8 Å². The normalized spacial score (nSPS) is 16.0. The first-order valence-electron chi connectivity index (χ1n) is 7.96. The van der Waals surface area contributed by atoms with Gasteiger partial charge in [0, 0.05) is 25.2 Å². The average Bonchev–Trinajstić information content (AvgIpc) is 2.93. The van der Waals surface area contributed by atoms with Crippen molar-refractivity contribution < 1.29 is 14.7 Å². The zero-order valence-electron chi connectivity index (χ0n) is 13.5. The number of hydrogen-bond acceptors (Lipinski definition) is 3. The SMILES string of the molecule is CC(C)C(O)CCNC(=O)c1cc(N2CCCC2=O)ccc1Cl. The molecule has 0 aromatic heterocycles. The van der Waals surface area contributed by atoms with Gasteiger partial charge in [0.2, 0.25) is 5.91 Å². The van der Waals surface area contributed by atoms with Crippen molar-refractivity contribution in [3.63, 3.8) is 0 Å². The summed E-state index contributed by atoms with van der Waals surface area (Å²) in [6.45, 7) is 4.91. The maximum atomic E-state index is 12.3. The molecule has 0 aliphatic carbocycles. The molecule has 0 radical (unpaired) electrons. The largest absolute Gasteiger partial charge is 0.393 e. The molecule has 126 valence electrons. The van der Waals surface area contributed by atoms with E-state index in [2.05, 4.69) is 5.32 Å². The van der Waals surface area contributed by atoms with Crippen LogP contribution in [-0.4, -0.2) is 36.1 Å². The monoisotopic (exact) mass is 338 g/mol. The van der Waals surface area contributed by atoms with Crippen LogP contribution in [0.5, 0.6) is 0 Å². The molecule has 23 heavy (non-hydrogen) atoms. The van der Waals surface area contributed by atoms with Gasteiger partial charge in [0.25, 0.3) is 5.91 Å². The van der Waals surface area contributed by atoms with E-state index in [1.165, 1.54) is 0 Å². The fraction of sp³-hybridized carbons (Fsp3) is 0.529. The molecule has 1 fully saturated rings. The molecular formula is C17H23ClN2O3. The highest BCUT2D eigenvalue weighted by molar-refractivity contribution is 6.34. The number of nitrogens with zero attached hydrogens (tertiary/aromatic N) is 1. The van der Waals surface area contributed by atoms with Crippen LogP contribution in [0, 0.1) is 5.92 Å². The van der Waals surface area contributed by atoms with E-state index in [1.54, 1.807) is 23.1 Å². The third kappa shape index (κ3) is 4.45. The second kappa shape index (κ2) is 7.79. The Hall–Kier alpha value is -1.59. The molecular weight excluding hydrogens is 316 g/mol. The molecule has 1 aliphatic rings. The quantitative estimate of drug-likeness (QED) is 0.837. The van der Waals surface area contributed by atoms with Crippen molar-refractivity contribution in [3.8, 4) is 0 Å². The molecule has 0 spiro atoms. The summed E-state index contributed by atoms with van der Waals surface area (Å²) >= 11 is 6.11. The lowest BCUT2D eigenvalue weighted by Gasteiger charge is -2.18. The molecule has 6 heteroatoms. The lowest BCUT2D eigenvalue weighted by atomic mass is 10.0. The fourth-order valence-corrected chi connectivity index (χ4v) is 2.74. The first-order chi connectivity index (χ1) is 10.9. The molecule has 0 bridgehead atoms. The first kappa shape index (κ1) is 17.8. The molecule has 2 amide bonds. The minimum absolute atomic E-state index is 0.0683. The van der Waals surface area contributed by atoms with E-state index in [4.69, 9.17) is 11.6 Å². The summed E-state index contributed by atoms with van der Waals surface area (Å²) < 4.78 is 0. The van der Waals surface area contributed by atoms with E-state index >= 15 is 0 Å². The highest BCUT2D eigenvalue weighted by Crippen LogP contribution is 2.26. The molecule has 2 N–H and O–H groups in total. The van der Waals surface area contributed by atoms with E-state index in [-0.39, 0.29) is 17.7 Å². The number of amides is 2. The second-order valence-corrected chi connectivity index (χ2v) is 6.58. The van der Waals surface area contributed by atoms with Crippen LogP contribution < -0.4 is 10.2 Å². The highest BCUT2D eigenvalue weighted by Gasteiger charge is 2.23. The van der Waals surface area contributed by atoms with Crippen LogP contribution in [0.15, 0.2) is 18.2 Å². The lowest BCUT2D eigenvalue weighted by molar-refractivity contribution is -0.117. The number of rotatable bonds is 6. The van der Waals surface area contributed by atoms with Gasteiger partial charge in [-0.25, -0.2) is 0 Å². The predicted octanol–water partition coefficient (Wildman–Crippen LogP) is 2.60. The Morgan fingerprint density at radius 2 is 2.17 bits per heavy atom. The van der Waals surface area contributed by atoms with Crippen LogP contribution in [0.2, 0.25) is 5.02 Å². The van der Waals surface area contributed by atoms with Crippen LogP contribution in [0.25, 0.3) is 0 Å². The van der Waals surface area contributed by atoms with Crippen molar-refractivity contribution in [2.45, 2.75) is 39.2 Å². The average molecular weight is 339 g/mol. The van der Waals surface area contributed by atoms with Crippen LogP contribution in [0.4, 0.5) is 5.69 Å². The van der Waals surface area contributed by atoms with Gasteiger partial charge in [-0.2, -0.15) is 0 Å². The number of halogens is 1. The van der Waals surface area contributed by atoms with E-state index < -0.39 is 6.10 Å². The Labute approximate surface area is 141 Å². The summed E-state index contributed by atoms with van der Waals surface area (Å²) in [6.07, 6.45) is 1.41. The number of carbonyl (C=O) groups is 2. The zero-order valence-corrected chi connectivity index (χ0v) is 14.3. The summed E-state index contributed by atoms with van der Waals surface area (Å²) in [7, 11) is 0. The Morgan fingerprint density at radius 1 is 1.43 bits per heavy atom. The van der Waals surface area contributed by atoms with E-state index in [0.717, 1.165) is 6.42 Å². The molecule has 1 aliphatic heterocycles. The molecule has 1 saturated heterocycles. The number of nitrogens with one attached hydrogen (secondary N) is 1. The highest BCUT2D eigenvalue weighted by atomic mass is 35.5. The van der Waals surface area contributed by atoms with E-state index in [0.29, 0.717) is 42.2 Å². The van der Waals surface area contributed by atoms with Gasteiger partial charge in [0.15, 0.2) is 0 Å². The minimum Gasteiger partial charge on any atom is -0.393 e. The molecule has 0 saturated carbocycles. The van der Waals surface area contributed by atoms with Gasteiger partial charge in [0.1, 0.15) is 0 Å². The summed E-state index contributed by atoms with van der Waals surface area (Å²) in [5.74, 6) is -0.0711. The Morgan fingerprint density at radius 3 is 2.78 bits per heavy atom. The Balaban J connectivity index is 2.03. The maximum absolute atomic E-state index is 12.3. The molecule has 1 aromatic carbocycles. The Bertz CT molecular complexity index is 589. The number of hydrogen-bond donors (Lipinski definition) is 2.